The minimum atomic E-state index is -0.838. The molecule has 2 aromatic carbocycles. The first-order chi connectivity index (χ1) is 15.5. The van der Waals surface area contributed by atoms with Gasteiger partial charge in [0.05, 0.1) is 17.8 Å². The van der Waals surface area contributed by atoms with Crippen molar-refractivity contribution < 1.29 is 19.1 Å². The van der Waals surface area contributed by atoms with Crippen LogP contribution in [-0.4, -0.2) is 35.3 Å². The van der Waals surface area contributed by atoms with Crippen LogP contribution < -0.4 is 21.5 Å². The van der Waals surface area contributed by atoms with Crippen LogP contribution in [0.4, 0.5) is 10.5 Å². The van der Waals surface area contributed by atoms with Gasteiger partial charge in [-0.2, -0.15) is 0 Å². The van der Waals surface area contributed by atoms with E-state index in [0.717, 1.165) is 10.5 Å². The second-order valence-electron chi connectivity index (χ2n) is 8.33. The monoisotopic (exact) mass is 554 g/mol. The van der Waals surface area contributed by atoms with Crippen LogP contribution in [0.15, 0.2) is 45.8 Å². The van der Waals surface area contributed by atoms with Crippen LogP contribution in [0.3, 0.4) is 0 Å². The first-order valence-corrected chi connectivity index (χ1v) is 12.2. The van der Waals surface area contributed by atoms with Crippen LogP contribution in [0.2, 0.25) is 5.02 Å². The van der Waals surface area contributed by atoms with Gasteiger partial charge in [-0.15, -0.1) is 11.8 Å². The van der Waals surface area contributed by atoms with Crippen molar-refractivity contribution in [2.24, 2.45) is 5.84 Å². The Morgan fingerprint density at radius 1 is 1.27 bits per heavy atom. The number of rotatable bonds is 4. The molecular weight excluding hydrogens is 532 g/mol. The van der Waals surface area contributed by atoms with Crippen molar-refractivity contribution in [3.8, 4) is 0 Å². The van der Waals surface area contributed by atoms with E-state index < -0.39 is 23.6 Å². The quantitative estimate of drug-likeness (QED) is 0.295. The molecule has 0 radical (unpaired) electrons. The van der Waals surface area contributed by atoms with Crippen LogP contribution in [0, 0.1) is 0 Å². The van der Waals surface area contributed by atoms with Crippen molar-refractivity contribution >= 4 is 62.9 Å². The molecule has 1 aliphatic rings. The summed E-state index contributed by atoms with van der Waals surface area (Å²) < 4.78 is 5.87. The van der Waals surface area contributed by atoms with Crippen LogP contribution in [0.1, 0.15) is 36.7 Å². The number of nitrogens with two attached hydrogens (primary N) is 1. The molecule has 0 aliphatic carbocycles. The number of hydrogen-bond acceptors (Lipinski definition) is 6. The largest absolute Gasteiger partial charge is 0.444 e. The van der Waals surface area contributed by atoms with Crippen molar-refractivity contribution in [3.05, 3.63) is 57.0 Å². The molecule has 1 aliphatic heterocycles. The van der Waals surface area contributed by atoms with Gasteiger partial charge in [0.15, 0.2) is 0 Å². The van der Waals surface area contributed by atoms with Crippen LogP contribution in [0.25, 0.3) is 0 Å². The fourth-order valence-corrected chi connectivity index (χ4v) is 5.05. The summed E-state index contributed by atoms with van der Waals surface area (Å²) in [6, 6.07) is 9.64. The molecule has 0 bridgehead atoms. The topological polar surface area (TPSA) is 114 Å². The smallest absolute Gasteiger partial charge is 0.408 e. The maximum absolute atomic E-state index is 13.6. The number of hydrazine groups is 1. The van der Waals surface area contributed by atoms with Crippen molar-refractivity contribution in [1.29, 1.82) is 0 Å². The van der Waals surface area contributed by atoms with Gasteiger partial charge in [0.2, 0.25) is 0 Å². The summed E-state index contributed by atoms with van der Waals surface area (Å²) in [6.07, 6.45) is -0.678. The Balaban J connectivity index is 2.01. The number of halogens is 2. The lowest BCUT2D eigenvalue weighted by molar-refractivity contribution is -0.120. The number of amides is 3. The number of benzene rings is 2. The van der Waals surface area contributed by atoms with E-state index in [1.165, 1.54) is 11.8 Å². The average Bonchev–Trinajstić information content (AvgIpc) is 2.85. The molecule has 0 saturated carbocycles. The van der Waals surface area contributed by atoms with E-state index in [0.29, 0.717) is 15.2 Å². The maximum atomic E-state index is 13.6. The van der Waals surface area contributed by atoms with Crippen molar-refractivity contribution in [2.75, 3.05) is 10.7 Å². The van der Waals surface area contributed by atoms with E-state index in [1.807, 2.05) is 12.1 Å². The predicted octanol–water partition coefficient (Wildman–Crippen LogP) is 4.24. The zero-order chi connectivity index (χ0) is 24.3. The Morgan fingerprint density at radius 3 is 2.55 bits per heavy atom. The van der Waals surface area contributed by atoms with Gasteiger partial charge in [0.25, 0.3) is 11.8 Å². The highest BCUT2D eigenvalue weighted by Gasteiger charge is 2.34. The Kier molecular flexibility index (Phi) is 7.94. The van der Waals surface area contributed by atoms with Crippen molar-refractivity contribution in [1.82, 2.24) is 10.7 Å². The molecule has 4 N–H and O–H groups in total. The minimum Gasteiger partial charge on any atom is -0.444 e. The maximum Gasteiger partial charge on any atom is 0.408 e. The lowest BCUT2D eigenvalue weighted by Gasteiger charge is -2.27. The summed E-state index contributed by atoms with van der Waals surface area (Å²) in [5.74, 6) is 4.79. The van der Waals surface area contributed by atoms with Gasteiger partial charge in [-0.05, 0) is 66.5 Å². The number of ether oxygens (including phenoxy) is 1. The summed E-state index contributed by atoms with van der Waals surface area (Å²) in [4.78, 5) is 40.6. The SMILES string of the molecule is CC(C)(C)OC(=O)N[C@H]1CSc2cc(Br)c(C(=O)NN)cc2N(Cc2ccc(Cl)cc2)C1=O. The van der Waals surface area contributed by atoms with E-state index in [4.69, 9.17) is 22.2 Å². The molecule has 0 aromatic heterocycles. The number of fused-ring (bicyclic) bond motifs is 1. The molecule has 33 heavy (non-hydrogen) atoms. The molecule has 2 aromatic rings. The minimum absolute atomic E-state index is 0.210. The van der Waals surface area contributed by atoms with E-state index in [-0.39, 0.29) is 23.8 Å². The lowest BCUT2D eigenvalue weighted by atomic mass is 10.1. The van der Waals surface area contributed by atoms with Crippen molar-refractivity contribution in [3.63, 3.8) is 0 Å². The molecule has 0 fully saturated rings. The molecule has 11 heteroatoms. The summed E-state index contributed by atoms with van der Waals surface area (Å²) in [5, 5.41) is 3.26. The second-order valence-corrected chi connectivity index (χ2v) is 10.7. The van der Waals surface area contributed by atoms with E-state index in [2.05, 4.69) is 26.7 Å². The fourth-order valence-electron chi connectivity index (χ4n) is 3.16. The van der Waals surface area contributed by atoms with Gasteiger partial charge in [0, 0.05) is 20.1 Å². The Bertz CT molecular complexity index is 1080. The van der Waals surface area contributed by atoms with E-state index in [1.54, 1.807) is 49.9 Å². The molecule has 0 spiro atoms. The fraction of sp³-hybridized carbons (Fsp3) is 0.318. The molecule has 3 amide bonds. The molecular formula is C22H24BrClN4O4S. The Hall–Kier alpha value is -2.27. The first kappa shape index (κ1) is 25.4. The number of thioether (sulfide) groups is 1. The number of hydrogen-bond donors (Lipinski definition) is 3. The zero-order valence-corrected chi connectivity index (χ0v) is 21.4. The molecule has 1 heterocycles. The molecule has 3 rings (SSSR count). The third kappa shape index (κ3) is 6.41. The summed E-state index contributed by atoms with van der Waals surface area (Å²) in [7, 11) is 0. The molecule has 0 saturated heterocycles. The predicted molar refractivity (Wildman–Crippen MR) is 132 cm³/mol. The third-order valence-electron chi connectivity index (χ3n) is 4.63. The highest BCUT2D eigenvalue weighted by atomic mass is 79.9. The van der Waals surface area contributed by atoms with Gasteiger partial charge < -0.3 is 15.0 Å². The number of carbonyl (C=O) groups is 3. The number of nitrogen functional groups attached to an aromatic ring is 1. The van der Waals surface area contributed by atoms with Crippen molar-refractivity contribution in [2.45, 2.75) is 43.9 Å². The second kappa shape index (κ2) is 10.3. The van der Waals surface area contributed by atoms with E-state index in [9.17, 15) is 14.4 Å². The van der Waals surface area contributed by atoms with Gasteiger partial charge in [-0.1, -0.05) is 23.7 Å². The zero-order valence-electron chi connectivity index (χ0n) is 18.3. The lowest BCUT2D eigenvalue weighted by Crippen LogP contribution is -2.50. The first-order valence-electron chi connectivity index (χ1n) is 10.0. The molecule has 176 valence electrons. The molecule has 8 nitrogen and oxygen atoms in total. The van der Waals surface area contributed by atoms with Crippen LogP contribution in [-0.2, 0) is 16.1 Å². The Morgan fingerprint density at radius 2 is 1.94 bits per heavy atom. The third-order valence-corrected chi connectivity index (χ3v) is 6.68. The number of nitrogens with zero attached hydrogens (tertiary/aromatic N) is 1. The van der Waals surface area contributed by atoms with Gasteiger partial charge >= 0.3 is 6.09 Å². The highest BCUT2D eigenvalue weighted by Crippen LogP contribution is 2.39. The normalized spacial score (nSPS) is 16.0. The van der Waals surface area contributed by atoms with Gasteiger partial charge in [0.1, 0.15) is 11.6 Å². The Labute approximate surface area is 209 Å². The molecule has 1 atom stereocenters. The number of nitrogens with one attached hydrogen (secondary N) is 2. The average molecular weight is 556 g/mol. The number of alkyl carbamates (subject to hydrolysis) is 1. The standard InChI is InChI=1S/C22H24BrClN4O4S/c1-22(2,3)32-21(31)26-16-11-33-18-9-15(23)14(19(29)27-25)8-17(18)28(20(16)30)10-12-4-6-13(24)7-5-12/h4-9,16H,10-11,25H2,1-3H3,(H,26,31)(H,27,29)/t16-/m0/s1. The van der Waals surface area contributed by atoms with Gasteiger partial charge in [-0.25, -0.2) is 10.6 Å². The number of anilines is 1. The van der Waals surface area contributed by atoms with Crippen LogP contribution >= 0.6 is 39.3 Å². The van der Waals surface area contributed by atoms with Crippen LogP contribution in [0.5, 0.6) is 0 Å². The summed E-state index contributed by atoms with van der Waals surface area (Å²) in [6.45, 7) is 5.46. The van der Waals surface area contributed by atoms with E-state index >= 15 is 0 Å². The number of carbonyl (C=O) groups excluding carboxylic acids is 3. The molecule has 0 unspecified atom stereocenters. The highest BCUT2D eigenvalue weighted by molar-refractivity contribution is 9.10. The summed E-state index contributed by atoms with van der Waals surface area (Å²) >= 11 is 10.8. The summed E-state index contributed by atoms with van der Waals surface area (Å²) in [5.41, 5.74) is 3.06. The van der Waals surface area contributed by atoms with Gasteiger partial charge in [-0.3, -0.25) is 15.0 Å².